The zero-order valence-corrected chi connectivity index (χ0v) is 18.8. The predicted molar refractivity (Wildman–Crippen MR) is 131 cm³/mol. The van der Waals surface area contributed by atoms with Crippen molar-refractivity contribution in [3.8, 4) is 22.3 Å². The second-order valence-corrected chi connectivity index (χ2v) is 14.1. The molecular weight excluding hydrogens is 380 g/mol. The van der Waals surface area contributed by atoms with E-state index in [1.165, 1.54) is 44.1 Å². The summed E-state index contributed by atoms with van der Waals surface area (Å²) in [6.45, 7) is 7.14. The van der Waals surface area contributed by atoms with Gasteiger partial charge in [-0.2, -0.15) is 0 Å². The van der Waals surface area contributed by atoms with E-state index in [0.717, 1.165) is 12.2 Å². The second-order valence-electron chi connectivity index (χ2n) is 9.08. The van der Waals surface area contributed by atoms with Crippen LogP contribution in [-0.4, -0.2) is 8.07 Å². The average molecular weight is 407 g/mol. The Bertz CT molecular complexity index is 1220. The molecule has 1 aromatic heterocycles. The molecule has 4 aromatic rings. The normalized spacial score (nSPS) is 13.2. The zero-order valence-electron chi connectivity index (χ0n) is 17.8. The number of allylic oxidation sites excluding steroid dienone is 1. The maximum Gasteiger partial charge on any atom is 0.129 e. The first-order valence-corrected chi connectivity index (χ1v) is 14.1. The molecular formula is C28H26OSi. The Morgan fingerprint density at radius 1 is 0.700 bits per heavy atom. The third kappa shape index (κ3) is 3.38. The van der Waals surface area contributed by atoms with Crippen molar-refractivity contribution in [1.82, 2.24) is 0 Å². The van der Waals surface area contributed by atoms with Crippen molar-refractivity contribution in [2.45, 2.75) is 26.1 Å². The Labute approximate surface area is 179 Å². The quantitative estimate of drug-likeness (QED) is 0.325. The summed E-state index contributed by atoms with van der Waals surface area (Å²) in [4.78, 5) is 0. The third-order valence-corrected chi connectivity index (χ3v) is 7.97. The lowest BCUT2D eigenvalue weighted by Crippen LogP contribution is -2.38. The van der Waals surface area contributed by atoms with Crippen molar-refractivity contribution >= 4 is 24.9 Å². The summed E-state index contributed by atoms with van der Waals surface area (Å²) >= 11 is 0. The number of hydrogen-bond acceptors (Lipinski definition) is 1. The summed E-state index contributed by atoms with van der Waals surface area (Å²) in [5, 5.41) is 1.41. The van der Waals surface area contributed by atoms with Gasteiger partial charge in [0.15, 0.2) is 0 Å². The highest BCUT2D eigenvalue weighted by molar-refractivity contribution is 6.89. The van der Waals surface area contributed by atoms with Crippen LogP contribution in [0.2, 0.25) is 19.6 Å². The van der Waals surface area contributed by atoms with Crippen LogP contribution in [0.25, 0.3) is 33.9 Å². The fourth-order valence-electron chi connectivity index (χ4n) is 4.39. The minimum atomic E-state index is -1.45. The van der Waals surface area contributed by atoms with Crippen LogP contribution >= 0.6 is 0 Å². The van der Waals surface area contributed by atoms with E-state index in [1.54, 1.807) is 0 Å². The highest BCUT2D eigenvalue weighted by Crippen LogP contribution is 2.38. The zero-order chi connectivity index (χ0) is 20.7. The number of hydrogen-bond donors (Lipinski definition) is 0. The van der Waals surface area contributed by atoms with Gasteiger partial charge in [0.2, 0.25) is 0 Å². The first-order chi connectivity index (χ1) is 14.5. The van der Waals surface area contributed by atoms with Gasteiger partial charge in [-0.05, 0) is 56.3 Å². The van der Waals surface area contributed by atoms with Crippen molar-refractivity contribution < 1.29 is 4.42 Å². The SMILES string of the molecule is C[Si](C)(C)c1ccoc1C1=Cc2c(cccc2-c2ccc(-c3ccccc3)cc2)C1. The van der Waals surface area contributed by atoms with Crippen LogP contribution in [0.5, 0.6) is 0 Å². The van der Waals surface area contributed by atoms with E-state index in [2.05, 4.69) is 105 Å². The Morgan fingerprint density at radius 2 is 1.40 bits per heavy atom. The van der Waals surface area contributed by atoms with Crippen LogP contribution in [0.1, 0.15) is 16.9 Å². The monoisotopic (exact) mass is 406 g/mol. The molecule has 0 fully saturated rings. The van der Waals surface area contributed by atoms with Gasteiger partial charge in [0.1, 0.15) is 5.76 Å². The Morgan fingerprint density at radius 3 is 2.13 bits per heavy atom. The molecule has 0 atom stereocenters. The molecule has 0 amide bonds. The summed E-state index contributed by atoms with van der Waals surface area (Å²) in [5.41, 5.74) is 9.07. The first kappa shape index (κ1) is 18.9. The number of benzene rings is 3. The van der Waals surface area contributed by atoms with Crippen LogP contribution in [0.4, 0.5) is 0 Å². The van der Waals surface area contributed by atoms with Crippen molar-refractivity contribution in [2.75, 3.05) is 0 Å². The number of furan rings is 1. The van der Waals surface area contributed by atoms with Gasteiger partial charge in [-0.25, -0.2) is 0 Å². The van der Waals surface area contributed by atoms with Crippen LogP contribution in [0.15, 0.2) is 89.5 Å². The van der Waals surface area contributed by atoms with Crippen molar-refractivity contribution in [2.24, 2.45) is 0 Å². The topological polar surface area (TPSA) is 13.1 Å². The summed E-state index contributed by atoms with van der Waals surface area (Å²) in [6, 6.07) is 28.3. The van der Waals surface area contributed by atoms with Crippen LogP contribution in [0, 0.1) is 0 Å². The molecule has 30 heavy (non-hydrogen) atoms. The lowest BCUT2D eigenvalue weighted by Gasteiger charge is -2.16. The molecule has 1 aliphatic rings. The molecule has 5 rings (SSSR count). The van der Waals surface area contributed by atoms with Crippen molar-refractivity contribution in [3.05, 3.63) is 102 Å². The standard InChI is InChI=1S/C28H26OSi/c1-30(2,3)27-16-17-29-28(27)24-18-23-10-7-11-25(26(23)19-24)22-14-12-21(13-15-22)20-8-5-4-6-9-20/h4-17,19H,18H2,1-3H3. The van der Waals surface area contributed by atoms with Gasteiger partial charge in [-0.15, -0.1) is 0 Å². The van der Waals surface area contributed by atoms with Gasteiger partial charge in [0.05, 0.1) is 14.3 Å². The summed E-state index contributed by atoms with van der Waals surface area (Å²) in [6.07, 6.45) is 5.14. The second kappa shape index (κ2) is 7.30. The molecule has 0 N–H and O–H groups in total. The van der Waals surface area contributed by atoms with Crippen LogP contribution in [0.3, 0.4) is 0 Å². The summed E-state index contributed by atoms with van der Waals surface area (Å²) in [5.74, 6) is 1.09. The molecule has 1 aliphatic carbocycles. The van der Waals surface area contributed by atoms with Gasteiger partial charge in [0.25, 0.3) is 0 Å². The van der Waals surface area contributed by atoms with Gasteiger partial charge in [-0.1, -0.05) is 92.4 Å². The molecule has 0 spiro atoms. The molecule has 0 bridgehead atoms. The Hall–Kier alpha value is -3.10. The number of fused-ring (bicyclic) bond motifs is 1. The van der Waals surface area contributed by atoms with E-state index in [9.17, 15) is 0 Å². The first-order valence-electron chi connectivity index (χ1n) is 10.6. The van der Waals surface area contributed by atoms with Crippen LogP contribution in [-0.2, 0) is 6.42 Å². The lowest BCUT2D eigenvalue weighted by atomic mass is 9.95. The van der Waals surface area contributed by atoms with Crippen molar-refractivity contribution in [1.29, 1.82) is 0 Å². The van der Waals surface area contributed by atoms with Gasteiger partial charge in [-0.3, -0.25) is 0 Å². The van der Waals surface area contributed by atoms with E-state index in [1.807, 2.05) is 6.26 Å². The van der Waals surface area contributed by atoms with Gasteiger partial charge < -0.3 is 4.42 Å². The fraction of sp³-hybridized carbons (Fsp3) is 0.143. The Kier molecular flexibility index (Phi) is 4.60. The molecule has 0 aliphatic heterocycles. The fourth-order valence-corrected chi connectivity index (χ4v) is 5.86. The largest absolute Gasteiger partial charge is 0.465 e. The minimum absolute atomic E-state index is 0.941. The predicted octanol–water partition coefficient (Wildman–Crippen LogP) is 7.26. The van der Waals surface area contributed by atoms with E-state index < -0.39 is 8.07 Å². The Balaban J connectivity index is 1.53. The maximum absolute atomic E-state index is 5.98. The lowest BCUT2D eigenvalue weighted by molar-refractivity contribution is 0.554. The summed E-state index contributed by atoms with van der Waals surface area (Å²) < 4.78 is 5.98. The van der Waals surface area contributed by atoms with E-state index in [-0.39, 0.29) is 0 Å². The molecule has 0 unspecified atom stereocenters. The molecule has 0 saturated carbocycles. The summed E-state index contributed by atoms with van der Waals surface area (Å²) in [7, 11) is -1.45. The molecule has 1 nitrogen and oxygen atoms in total. The van der Waals surface area contributed by atoms with Crippen LogP contribution < -0.4 is 5.19 Å². The highest BCUT2D eigenvalue weighted by atomic mass is 28.3. The molecule has 1 heterocycles. The number of rotatable bonds is 4. The maximum atomic E-state index is 5.98. The van der Waals surface area contributed by atoms with E-state index in [0.29, 0.717) is 0 Å². The minimum Gasteiger partial charge on any atom is -0.465 e. The van der Waals surface area contributed by atoms with E-state index >= 15 is 0 Å². The molecule has 148 valence electrons. The average Bonchev–Trinajstić information content (AvgIpc) is 3.41. The van der Waals surface area contributed by atoms with E-state index in [4.69, 9.17) is 4.42 Å². The third-order valence-electron chi connectivity index (χ3n) is 5.96. The van der Waals surface area contributed by atoms with Gasteiger partial charge >= 0.3 is 0 Å². The molecule has 0 radical (unpaired) electrons. The highest BCUT2D eigenvalue weighted by Gasteiger charge is 2.27. The molecule has 0 saturated heterocycles. The smallest absolute Gasteiger partial charge is 0.129 e. The molecule has 3 aromatic carbocycles. The molecule has 2 heteroatoms. The van der Waals surface area contributed by atoms with Crippen molar-refractivity contribution in [3.63, 3.8) is 0 Å². The van der Waals surface area contributed by atoms with Gasteiger partial charge in [0, 0.05) is 6.42 Å².